The van der Waals surface area contributed by atoms with Crippen molar-refractivity contribution in [3.63, 3.8) is 0 Å². The summed E-state index contributed by atoms with van der Waals surface area (Å²) >= 11 is 0. The minimum Gasteiger partial charge on any atom is -0.325 e. The van der Waals surface area contributed by atoms with Crippen molar-refractivity contribution < 1.29 is 12.8 Å². The molecule has 4 N–H and O–H groups in total. The van der Waals surface area contributed by atoms with Crippen LogP contribution in [0.3, 0.4) is 0 Å². The molecule has 2 rings (SSSR count). The van der Waals surface area contributed by atoms with E-state index in [-0.39, 0.29) is 22.8 Å². The van der Waals surface area contributed by atoms with Crippen LogP contribution >= 0.6 is 0 Å². The van der Waals surface area contributed by atoms with Gasteiger partial charge in [-0.05, 0) is 25.5 Å². The molecule has 0 atom stereocenters. The summed E-state index contributed by atoms with van der Waals surface area (Å²) in [6.45, 7) is 3.15. The Morgan fingerprint density at radius 3 is 2.70 bits per heavy atom. The molecule has 0 saturated heterocycles. The number of hydrogen-bond acceptors (Lipinski definition) is 4. The Morgan fingerprint density at radius 2 is 2.10 bits per heavy atom. The van der Waals surface area contributed by atoms with Gasteiger partial charge in [0.2, 0.25) is 0 Å². The number of aromatic nitrogens is 2. The molecule has 0 aliphatic heterocycles. The zero-order chi connectivity index (χ0) is 14.9. The molecule has 8 heteroatoms. The Kier molecular flexibility index (Phi) is 3.78. The second kappa shape index (κ2) is 5.22. The standard InChI is InChI=1S/C12H15FN4O2S/c1-7-4-3-5-9(13)11(7)17-20(18,19)12-8(2)15-16-10(12)6-14/h3-5,17H,6,14H2,1-2H3,(H,15,16). The highest BCUT2D eigenvalue weighted by molar-refractivity contribution is 7.92. The molecule has 6 nitrogen and oxygen atoms in total. The fraction of sp³-hybridized carbons (Fsp3) is 0.250. The summed E-state index contributed by atoms with van der Waals surface area (Å²) in [5, 5.41) is 6.39. The summed E-state index contributed by atoms with van der Waals surface area (Å²) in [6.07, 6.45) is 0. The summed E-state index contributed by atoms with van der Waals surface area (Å²) in [7, 11) is -3.95. The van der Waals surface area contributed by atoms with Crippen LogP contribution in [0.5, 0.6) is 0 Å². The predicted octanol–water partition coefficient (Wildman–Crippen LogP) is 1.43. The van der Waals surface area contributed by atoms with Crippen molar-refractivity contribution in [2.24, 2.45) is 5.73 Å². The molecule has 0 aliphatic carbocycles. The van der Waals surface area contributed by atoms with Crippen LogP contribution in [0.25, 0.3) is 0 Å². The van der Waals surface area contributed by atoms with Crippen molar-refractivity contribution in [2.45, 2.75) is 25.3 Å². The number of para-hydroxylation sites is 1. The quantitative estimate of drug-likeness (QED) is 0.794. The molecule has 1 aromatic carbocycles. The molecule has 2 aromatic rings. The smallest absolute Gasteiger partial charge is 0.265 e. The van der Waals surface area contributed by atoms with E-state index in [9.17, 15) is 12.8 Å². The van der Waals surface area contributed by atoms with Gasteiger partial charge in [-0.1, -0.05) is 12.1 Å². The average Bonchev–Trinajstić information content (AvgIpc) is 2.76. The zero-order valence-electron chi connectivity index (χ0n) is 11.1. The van der Waals surface area contributed by atoms with Gasteiger partial charge >= 0.3 is 0 Å². The Balaban J connectivity index is 2.49. The second-order valence-corrected chi connectivity index (χ2v) is 5.99. The van der Waals surface area contributed by atoms with E-state index in [1.165, 1.54) is 12.1 Å². The van der Waals surface area contributed by atoms with Gasteiger partial charge in [-0.25, -0.2) is 12.8 Å². The van der Waals surface area contributed by atoms with Gasteiger partial charge in [-0.3, -0.25) is 9.82 Å². The van der Waals surface area contributed by atoms with E-state index in [1.807, 2.05) is 0 Å². The second-order valence-electron chi connectivity index (χ2n) is 4.37. The van der Waals surface area contributed by atoms with Gasteiger partial charge in [0.1, 0.15) is 10.7 Å². The Bertz CT molecular complexity index is 720. The van der Waals surface area contributed by atoms with Crippen molar-refractivity contribution in [3.05, 3.63) is 41.0 Å². The van der Waals surface area contributed by atoms with Gasteiger partial charge < -0.3 is 5.73 Å². The first-order valence-electron chi connectivity index (χ1n) is 5.88. The molecular formula is C12H15FN4O2S. The summed E-state index contributed by atoms with van der Waals surface area (Å²) in [5.41, 5.74) is 6.45. The lowest BCUT2D eigenvalue weighted by molar-refractivity contribution is 0.596. The van der Waals surface area contributed by atoms with Crippen molar-refractivity contribution in [1.82, 2.24) is 10.2 Å². The van der Waals surface area contributed by atoms with Crippen molar-refractivity contribution >= 4 is 15.7 Å². The number of anilines is 1. The first-order valence-corrected chi connectivity index (χ1v) is 7.37. The van der Waals surface area contributed by atoms with Crippen LogP contribution in [0.1, 0.15) is 17.0 Å². The number of hydrogen-bond donors (Lipinski definition) is 3. The highest BCUT2D eigenvalue weighted by Crippen LogP contribution is 2.25. The van der Waals surface area contributed by atoms with E-state index in [1.54, 1.807) is 19.9 Å². The molecule has 1 aromatic heterocycles. The molecule has 0 spiro atoms. The molecule has 0 aliphatic rings. The van der Waals surface area contributed by atoms with Gasteiger partial charge in [0.25, 0.3) is 10.0 Å². The predicted molar refractivity (Wildman–Crippen MR) is 73.2 cm³/mol. The SMILES string of the molecule is Cc1cccc(F)c1NS(=O)(=O)c1c(CN)n[nH]c1C. The summed E-state index contributed by atoms with van der Waals surface area (Å²) in [4.78, 5) is -0.0392. The van der Waals surface area contributed by atoms with Crippen LogP contribution in [0.4, 0.5) is 10.1 Å². The third kappa shape index (κ3) is 2.52. The molecule has 1 heterocycles. The maximum atomic E-state index is 13.7. The highest BCUT2D eigenvalue weighted by Gasteiger charge is 2.25. The maximum absolute atomic E-state index is 13.7. The van der Waals surface area contributed by atoms with Crippen molar-refractivity contribution in [3.8, 4) is 0 Å². The minimum absolute atomic E-state index is 0.0309. The number of nitrogens with one attached hydrogen (secondary N) is 2. The van der Waals surface area contributed by atoms with E-state index in [4.69, 9.17) is 5.73 Å². The molecule has 0 saturated carbocycles. The highest BCUT2D eigenvalue weighted by atomic mass is 32.2. The number of aryl methyl sites for hydroxylation is 2. The van der Waals surface area contributed by atoms with E-state index in [0.717, 1.165) is 0 Å². The van der Waals surface area contributed by atoms with E-state index in [0.29, 0.717) is 11.3 Å². The van der Waals surface area contributed by atoms with Gasteiger partial charge in [-0.2, -0.15) is 5.10 Å². The van der Waals surface area contributed by atoms with Crippen LogP contribution < -0.4 is 10.5 Å². The molecule has 0 radical (unpaired) electrons. The van der Waals surface area contributed by atoms with Crippen molar-refractivity contribution in [1.29, 1.82) is 0 Å². The Hall–Kier alpha value is -1.93. The van der Waals surface area contributed by atoms with Crippen molar-refractivity contribution in [2.75, 3.05) is 4.72 Å². The van der Waals surface area contributed by atoms with Gasteiger partial charge in [0, 0.05) is 6.54 Å². The monoisotopic (exact) mass is 298 g/mol. The first-order chi connectivity index (χ1) is 9.36. The number of benzene rings is 1. The first kappa shape index (κ1) is 14.5. The van der Waals surface area contributed by atoms with Crippen LogP contribution in [-0.4, -0.2) is 18.6 Å². The van der Waals surface area contributed by atoms with Crippen LogP contribution in [0.2, 0.25) is 0 Å². The van der Waals surface area contributed by atoms with Crippen LogP contribution in [-0.2, 0) is 16.6 Å². The lowest BCUT2D eigenvalue weighted by atomic mass is 10.2. The number of aromatic amines is 1. The zero-order valence-corrected chi connectivity index (χ0v) is 11.9. The fourth-order valence-electron chi connectivity index (χ4n) is 1.91. The Morgan fingerprint density at radius 1 is 1.40 bits per heavy atom. The van der Waals surface area contributed by atoms with Crippen LogP contribution in [0, 0.1) is 19.7 Å². The van der Waals surface area contributed by atoms with Gasteiger partial charge in [0.15, 0.2) is 0 Å². The largest absolute Gasteiger partial charge is 0.325 e. The minimum atomic E-state index is -3.95. The molecular weight excluding hydrogens is 283 g/mol. The summed E-state index contributed by atoms with van der Waals surface area (Å²) < 4.78 is 40.7. The molecule has 0 unspecified atom stereocenters. The molecule has 0 fully saturated rings. The number of nitrogens with zero attached hydrogens (tertiary/aromatic N) is 1. The molecule has 0 amide bonds. The molecule has 0 bridgehead atoms. The number of sulfonamides is 1. The Labute approximate surface area is 116 Å². The third-order valence-corrected chi connectivity index (χ3v) is 4.43. The number of H-pyrrole nitrogens is 1. The van der Waals surface area contributed by atoms with Gasteiger partial charge in [0.05, 0.1) is 17.1 Å². The topological polar surface area (TPSA) is 101 Å². The third-order valence-electron chi connectivity index (χ3n) is 2.88. The van der Waals surface area contributed by atoms with E-state index >= 15 is 0 Å². The lowest BCUT2D eigenvalue weighted by Gasteiger charge is -2.11. The summed E-state index contributed by atoms with van der Waals surface area (Å²) in [5.74, 6) is -0.635. The number of halogens is 1. The number of rotatable bonds is 4. The summed E-state index contributed by atoms with van der Waals surface area (Å²) in [6, 6.07) is 4.32. The average molecular weight is 298 g/mol. The van der Waals surface area contributed by atoms with Gasteiger partial charge in [-0.15, -0.1) is 0 Å². The number of nitrogens with two attached hydrogens (primary N) is 1. The lowest BCUT2D eigenvalue weighted by Crippen LogP contribution is -2.18. The van der Waals surface area contributed by atoms with Crippen LogP contribution in [0.15, 0.2) is 23.1 Å². The fourth-order valence-corrected chi connectivity index (χ4v) is 3.43. The van der Waals surface area contributed by atoms with E-state index in [2.05, 4.69) is 14.9 Å². The maximum Gasteiger partial charge on any atom is 0.265 e. The van der Waals surface area contributed by atoms with E-state index < -0.39 is 15.8 Å². The normalized spacial score (nSPS) is 11.6. The molecule has 20 heavy (non-hydrogen) atoms. The molecule has 108 valence electrons.